The number of pyridine rings is 1. The number of allylic oxidation sites excluding steroid dienone is 1. The second kappa shape index (κ2) is 10.7. The first-order valence-electron chi connectivity index (χ1n) is 5.46. The molecule has 0 fully saturated rings. The van der Waals surface area contributed by atoms with Crippen molar-refractivity contribution in [1.29, 1.82) is 0 Å². The highest BCUT2D eigenvalue weighted by atomic mass is 14.6. The van der Waals surface area contributed by atoms with Crippen LogP contribution in [0.15, 0.2) is 30.6 Å². The van der Waals surface area contributed by atoms with Gasteiger partial charge in [-0.3, -0.25) is 4.98 Å². The Kier molecular flexibility index (Phi) is 11.5. The molecule has 1 heteroatoms. The van der Waals surface area contributed by atoms with E-state index in [1.54, 1.807) is 12.4 Å². The van der Waals surface area contributed by atoms with Gasteiger partial charge in [0.05, 0.1) is 0 Å². The molecule has 1 rings (SSSR count). The van der Waals surface area contributed by atoms with E-state index < -0.39 is 0 Å². The predicted molar refractivity (Wildman–Crippen MR) is 71.0 cm³/mol. The van der Waals surface area contributed by atoms with E-state index in [-0.39, 0.29) is 0 Å². The van der Waals surface area contributed by atoms with E-state index in [1.165, 1.54) is 0 Å². The molecule has 0 bridgehead atoms. The molecule has 0 aromatic carbocycles. The van der Waals surface area contributed by atoms with Gasteiger partial charge in [0.2, 0.25) is 0 Å². The van der Waals surface area contributed by atoms with Gasteiger partial charge in [0.25, 0.3) is 0 Å². The molecule has 0 unspecified atom stereocenters. The van der Waals surface area contributed by atoms with Crippen LogP contribution < -0.4 is 10.4 Å². The average Bonchev–Trinajstić information content (AvgIpc) is 2.27. The van der Waals surface area contributed by atoms with Crippen molar-refractivity contribution in [2.24, 2.45) is 0 Å². The maximum absolute atomic E-state index is 3.94. The van der Waals surface area contributed by atoms with Crippen molar-refractivity contribution in [2.75, 3.05) is 0 Å². The predicted octanol–water partition coefficient (Wildman–Crippen LogP) is 2.90. The smallest absolute Gasteiger partial charge is 0.0340 e. The standard InChI is InChI=1S/C10H11N.2C2H6/c1-8(2)6-10-4-5-11-7-9(10)3;2*1-2/h4-7H,1,3H2,2H3;2*1-2H3/b10-6-;;. The van der Waals surface area contributed by atoms with Gasteiger partial charge in [-0.2, -0.15) is 0 Å². The van der Waals surface area contributed by atoms with Crippen LogP contribution in [0.4, 0.5) is 0 Å². The monoisotopic (exact) mass is 205 g/mol. The van der Waals surface area contributed by atoms with Crippen LogP contribution >= 0.6 is 0 Å². The molecule has 0 saturated carbocycles. The molecule has 0 aliphatic heterocycles. The summed E-state index contributed by atoms with van der Waals surface area (Å²) in [5.74, 6) is 0. The Morgan fingerprint density at radius 1 is 1.27 bits per heavy atom. The quantitative estimate of drug-likeness (QED) is 0.687. The number of aromatic nitrogens is 1. The Balaban J connectivity index is 0. The Bertz CT molecular complexity index is 363. The molecule has 0 aliphatic rings. The van der Waals surface area contributed by atoms with Crippen LogP contribution in [0.5, 0.6) is 0 Å². The number of rotatable bonds is 1. The van der Waals surface area contributed by atoms with Crippen LogP contribution in [0.1, 0.15) is 34.6 Å². The third kappa shape index (κ3) is 7.68. The Morgan fingerprint density at radius 3 is 2.20 bits per heavy atom. The van der Waals surface area contributed by atoms with Crippen LogP contribution in [-0.4, -0.2) is 4.98 Å². The lowest BCUT2D eigenvalue weighted by molar-refractivity contribution is 1.28. The second-order valence-corrected chi connectivity index (χ2v) is 2.57. The summed E-state index contributed by atoms with van der Waals surface area (Å²) in [4.78, 5) is 3.94. The van der Waals surface area contributed by atoms with Crippen LogP contribution in [0.2, 0.25) is 0 Å². The molecule has 84 valence electrons. The average molecular weight is 205 g/mol. The summed E-state index contributed by atoms with van der Waals surface area (Å²) in [6.45, 7) is 17.6. The minimum Gasteiger partial charge on any atom is -0.264 e. The summed E-state index contributed by atoms with van der Waals surface area (Å²) >= 11 is 0. The lowest BCUT2D eigenvalue weighted by atomic mass is 10.2. The molecule has 1 nitrogen and oxygen atoms in total. The van der Waals surface area contributed by atoms with Crippen LogP contribution in [0, 0.1) is 0 Å². The number of hydrogen-bond donors (Lipinski definition) is 0. The third-order valence-electron chi connectivity index (χ3n) is 1.34. The second-order valence-electron chi connectivity index (χ2n) is 2.57. The first-order valence-corrected chi connectivity index (χ1v) is 5.46. The topological polar surface area (TPSA) is 12.9 Å². The van der Waals surface area contributed by atoms with Gasteiger partial charge in [0.1, 0.15) is 0 Å². The van der Waals surface area contributed by atoms with Crippen LogP contribution in [0.3, 0.4) is 0 Å². The molecule has 0 N–H and O–H groups in total. The number of nitrogens with zero attached hydrogens (tertiary/aromatic N) is 1. The zero-order valence-electron chi connectivity index (χ0n) is 10.7. The lowest BCUT2D eigenvalue weighted by Gasteiger charge is -1.87. The Morgan fingerprint density at radius 2 is 1.80 bits per heavy atom. The van der Waals surface area contributed by atoms with Crippen molar-refractivity contribution in [3.05, 3.63) is 41.0 Å². The van der Waals surface area contributed by atoms with E-state index in [0.717, 1.165) is 16.0 Å². The maximum atomic E-state index is 3.94. The summed E-state index contributed by atoms with van der Waals surface area (Å²) in [6, 6.07) is 1.93. The van der Waals surface area contributed by atoms with Crippen LogP contribution in [0.25, 0.3) is 12.7 Å². The lowest BCUT2D eigenvalue weighted by Crippen LogP contribution is -2.22. The molecule has 0 atom stereocenters. The maximum Gasteiger partial charge on any atom is 0.0340 e. The third-order valence-corrected chi connectivity index (χ3v) is 1.34. The van der Waals surface area contributed by atoms with Gasteiger partial charge >= 0.3 is 0 Å². The largest absolute Gasteiger partial charge is 0.264 e. The van der Waals surface area contributed by atoms with E-state index in [0.29, 0.717) is 0 Å². The first-order chi connectivity index (χ1) is 7.20. The van der Waals surface area contributed by atoms with Gasteiger partial charge in [-0.05, 0) is 23.4 Å². The van der Waals surface area contributed by atoms with E-state index in [1.807, 2.05) is 46.8 Å². The fourth-order valence-electron chi connectivity index (χ4n) is 0.844. The highest BCUT2D eigenvalue weighted by Crippen LogP contribution is 1.84. The van der Waals surface area contributed by atoms with Crippen molar-refractivity contribution >= 4 is 12.7 Å². The fraction of sp³-hybridized carbons (Fsp3) is 0.357. The van der Waals surface area contributed by atoms with Gasteiger partial charge in [-0.25, -0.2) is 0 Å². The molecule has 0 radical (unpaired) electrons. The molecule has 15 heavy (non-hydrogen) atoms. The molecule has 1 heterocycles. The highest BCUT2D eigenvalue weighted by Gasteiger charge is 1.80. The van der Waals surface area contributed by atoms with Gasteiger partial charge in [0.15, 0.2) is 0 Å². The van der Waals surface area contributed by atoms with E-state index >= 15 is 0 Å². The van der Waals surface area contributed by atoms with E-state index in [9.17, 15) is 0 Å². The summed E-state index contributed by atoms with van der Waals surface area (Å²) < 4.78 is 0. The highest BCUT2D eigenvalue weighted by molar-refractivity contribution is 5.43. The molecule has 1 aromatic heterocycles. The summed E-state index contributed by atoms with van der Waals surface area (Å²) in [5.41, 5.74) is 1.03. The minimum absolute atomic E-state index is 0.940. The normalized spacial score (nSPS) is 9.27. The molecule has 1 aromatic rings. The van der Waals surface area contributed by atoms with Crippen LogP contribution in [-0.2, 0) is 0 Å². The van der Waals surface area contributed by atoms with Crippen molar-refractivity contribution in [2.45, 2.75) is 34.6 Å². The molecule has 0 aliphatic carbocycles. The van der Waals surface area contributed by atoms with Crippen molar-refractivity contribution < 1.29 is 0 Å². The van der Waals surface area contributed by atoms with E-state index in [2.05, 4.69) is 18.1 Å². The Hall–Kier alpha value is -1.37. The zero-order valence-corrected chi connectivity index (χ0v) is 10.7. The summed E-state index contributed by atoms with van der Waals surface area (Å²) in [6.07, 6.45) is 5.49. The van der Waals surface area contributed by atoms with Gasteiger partial charge in [-0.1, -0.05) is 52.5 Å². The summed E-state index contributed by atoms with van der Waals surface area (Å²) in [7, 11) is 0. The summed E-state index contributed by atoms with van der Waals surface area (Å²) in [5, 5.41) is 2.03. The molecule has 0 amide bonds. The number of hydrogen-bond acceptors (Lipinski definition) is 1. The molecule has 0 saturated heterocycles. The van der Waals surface area contributed by atoms with Crippen molar-refractivity contribution in [3.63, 3.8) is 0 Å². The van der Waals surface area contributed by atoms with Gasteiger partial charge in [0, 0.05) is 12.4 Å². The SMILES string of the molecule is C=C(C)/C=c1/ccncc1=C.CC.CC. The van der Waals surface area contributed by atoms with Crippen molar-refractivity contribution in [3.8, 4) is 0 Å². The van der Waals surface area contributed by atoms with E-state index in [4.69, 9.17) is 0 Å². The molecular formula is C14H23N. The van der Waals surface area contributed by atoms with Gasteiger partial charge < -0.3 is 0 Å². The first kappa shape index (κ1) is 16.1. The zero-order chi connectivity index (χ0) is 12.3. The molecule has 0 spiro atoms. The molecular weight excluding hydrogens is 182 g/mol. The minimum atomic E-state index is 0.940. The Labute approximate surface area is 93.9 Å². The van der Waals surface area contributed by atoms with Crippen molar-refractivity contribution in [1.82, 2.24) is 4.98 Å². The fourth-order valence-corrected chi connectivity index (χ4v) is 0.844. The van der Waals surface area contributed by atoms with Gasteiger partial charge in [-0.15, -0.1) is 0 Å².